The summed E-state index contributed by atoms with van der Waals surface area (Å²) in [7, 11) is -3.00. The fourth-order valence-corrected chi connectivity index (χ4v) is 17.4. The third-order valence-corrected chi connectivity index (χ3v) is 22.2. The van der Waals surface area contributed by atoms with Gasteiger partial charge in [-0.25, -0.2) is 29.3 Å². The summed E-state index contributed by atoms with van der Waals surface area (Å²) in [6.07, 6.45) is -0.857. The van der Waals surface area contributed by atoms with E-state index in [2.05, 4.69) is 75.6 Å². The molecule has 450 valence electrons. The predicted molar refractivity (Wildman–Crippen MR) is 336 cm³/mol. The summed E-state index contributed by atoms with van der Waals surface area (Å²) in [5.41, 5.74) is 1.21. The lowest BCUT2D eigenvalue weighted by atomic mass is 9.96. The number of imidazole rings is 1. The highest BCUT2D eigenvalue weighted by Gasteiger charge is 2.52. The largest absolute Gasteiger partial charge is 0.462 e. The van der Waals surface area contributed by atoms with E-state index in [0.29, 0.717) is 58.8 Å². The fourth-order valence-electron chi connectivity index (χ4n) is 11.6. The second kappa shape index (κ2) is 27.4. The molecule has 5 heterocycles. The molecule has 3 N–H and O–H groups in total. The predicted octanol–water partition coefficient (Wildman–Crippen LogP) is 9.15. The van der Waals surface area contributed by atoms with Gasteiger partial charge in [-0.15, -0.1) is 0 Å². The van der Waals surface area contributed by atoms with Crippen molar-refractivity contribution < 1.29 is 47.7 Å². The third kappa shape index (κ3) is 13.3. The first-order chi connectivity index (χ1) is 42.8. The molecule has 2 saturated heterocycles. The smallest absolute Gasteiger partial charge is 0.351 e. The number of nitrogens with zero attached hydrogens (tertiary/aromatic N) is 6. The molecule has 2 aliphatic heterocycles. The lowest BCUT2D eigenvalue weighted by molar-refractivity contribution is -0.0510. The van der Waals surface area contributed by atoms with E-state index in [1.165, 1.54) is 29.5 Å². The molecule has 0 aliphatic carbocycles. The maximum atomic E-state index is 14.1. The molecular formula is C67H66N8O11SSi. The number of amides is 2. The Bertz CT molecular complexity index is 3870. The minimum Gasteiger partial charge on any atom is -0.462 e. The zero-order valence-corrected chi connectivity index (χ0v) is 50.4. The van der Waals surface area contributed by atoms with Gasteiger partial charge in [-0.3, -0.25) is 18.7 Å². The molecule has 9 aromatic rings. The Kier molecular flexibility index (Phi) is 18.9. The highest BCUT2D eigenvalue weighted by atomic mass is 32.2. The molecule has 0 radical (unpaired) electrons. The van der Waals surface area contributed by atoms with Gasteiger partial charge < -0.3 is 39.1 Å². The van der Waals surface area contributed by atoms with Crippen molar-refractivity contribution in [3.63, 3.8) is 0 Å². The monoisotopic (exact) mass is 1220 g/mol. The van der Waals surface area contributed by atoms with Gasteiger partial charge >= 0.3 is 17.6 Å². The van der Waals surface area contributed by atoms with Gasteiger partial charge in [-0.2, -0.15) is 16.7 Å². The number of anilines is 2. The van der Waals surface area contributed by atoms with Crippen molar-refractivity contribution in [1.29, 1.82) is 0 Å². The SMILES string of the molecule is CC(C)(C)[Si](OCC[C@H]1O[C@@H](n2cnc3c(NC(=O)c4ccccc4)ncnc32)[C@H](O)[C@@H]1CSCC[C@H]1O[C@@H](n2ccc(NC(=O)c3ccccc3)nc2=O)[C@H](OC(=O)c2ccccc2)[C@@H]1COC(=O)c1ccccc1)(c1ccccc1)c1ccccc1. The second-order valence-corrected chi connectivity index (χ2v) is 28.0. The standard InChI is InChI=1S/C67H66N8O11SSi/c1-67(2,3)88(48-30-18-8-19-31-48,49-32-20-9-21-33-49)83-38-35-52-51(56(76)62(84-52)75-43-70-55-58(68-42-69-59(55)75)73-61(78)45-24-12-5-13-25-45)41-87-39-36-53-50(40-82-64(79)46-26-14-6-15-27-46)57(86-65(80)47-28-16-7-17-29-47)63(85-53)74-37-34-54(72-66(74)81)71-60(77)44-22-10-4-11-23-44/h4-34,37,42-43,50-53,56-57,62-63,76H,35-36,38-41H2,1-3H3,(H,68,69,73,78)(H,71,72,77,81)/t50-,51-,52-,53-,56-,57-,62-,63-/m1/s1. The highest BCUT2D eigenvalue weighted by molar-refractivity contribution is 7.99. The van der Waals surface area contributed by atoms with E-state index in [-0.39, 0.29) is 34.8 Å². The van der Waals surface area contributed by atoms with E-state index in [9.17, 15) is 29.1 Å². The number of hydrogen-bond donors (Lipinski definition) is 3. The molecule has 19 nitrogen and oxygen atoms in total. The fraction of sp³-hybridized carbons (Fsp3) is 0.269. The molecule has 0 saturated carbocycles. The summed E-state index contributed by atoms with van der Waals surface area (Å²) >= 11 is 1.55. The van der Waals surface area contributed by atoms with Crippen molar-refractivity contribution >= 4 is 77.0 Å². The van der Waals surface area contributed by atoms with Crippen molar-refractivity contribution in [2.24, 2.45) is 11.8 Å². The minimum atomic E-state index is -3.00. The van der Waals surface area contributed by atoms with Gasteiger partial charge in [0.1, 0.15) is 24.9 Å². The number of benzene rings is 6. The topological polar surface area (TPSA) is 237 Å². The molecule has 11 rings (SSSR count). The zero-order chi connectivity index (χ0) is 61.2. The zero-order valence-electron chi connectivity index (χ0n) is 48.6. The first kappa shape index (κ1) is 60.7. The molecule has 8 atom stereocenters. The molecule has 6 aromatic carbocycles. The summed E-state index contributed by atoms with van der Waals surface area (Å²) in [4.78, 5) is 86.0. The van der Waals surface area contributed by atoms with Gasteiger partial charge in [0, 0.05) is 35.6 Å². The molecule has 0 bridgehead atoms. The summed E-state index contributed by atoms with van der Waals surface area (Å²) in [5, 5.41) is 20.1. The van der Waals surface area contributed by atoms with Crippen LogP contribution in [-0.2, 0) is 23.4 Å². The second-order valence-electron chi connectivity index (χ2n) is 22.5. The van der Waals surface area contributed by atoms with E-state index in [1.807, 2.05) is 42.5 Å². The maximum absolute atomic E-state index is 14.1. The average Bonchev–Trinajstić information content (AvgIpc) is 1.35. The van der Waals surface area contributed by atoms with Crippen molar-refractivity contribution in [3.05, 3.63) is 240 Å². The van der Waals surface area contributed by atoms with Crippen LogP contribution in [-0.4, -0.2) is 115 Å². The van der Waals surface area contributed by atoms with Crippen molar-refractivity contribution in [3.8, 4) is 0 Å². The molecule has 0 unspecified atom stereocenters. The van der Waals surface area contributed by atoms with Crippen LogP contribution in [0.4, 0.5) is 11.6 Å². The summed E-state index contributed by atoms with van der Waals surface area (Å²) in [6.45, 7) is 6.69. The van der Waals surface area contributed by atoms with Crippen molar-refractivity contribution in [1.82, 2.24) is 29.1 Å². The molecule has 21 heteroatoms. The van der Waals surface area contributed by atoms with Gasteiger partial charge in [-0.05, 0) is 88.6 Å². The van der Waals surface area contributed by atoms with E-state index in [1.54, 1.807) is 132 Å². The van der Waals surface area contributed by atoms with Crippen LogP contribution in [0.3, 0.4) is 0 Å². The van der Waals surface area contributed by atoms with Crippen molar-refractivity contribution in [2.45, 2.75) is 75.5 Å². The van der Waals surface area contributed by atoms with Crippen LogP contribution < -0.4 is 26.7 Å². The Labute approximate surface area is 513 Å². The minimum absolute atomic E-state index is 0.00743. The number of aliphatic hydroxyl groups excluding tert-OH is 1. The lowest BCUT2D eigenvalue weighted by Gasteiger charge is -2.43. The quantitative estimate of drug-likeness (QED) is 0.0326. The first-order valence-electron chi connectivity index (χ1n) is 29.1. The number of aromatic nitrogens is 6. The van der Waals surface area contributed by atoms with Crippen LogP contribution in [0.5, 0.6) is 0 Å². The van der Waals surface area contributed by atoms with E-state index in [0.717, 1.165) is 10.4 Å². The Morgan fingerprint density at radius 1 is 0.625 bits per heavy atom. The number of esters is 2. The maximum Gasteiger partial charge on any atom is 0.351 e. The molecular weight excluding hydrogens is 1150 g/mol. The average molecular weight is 1220 g/mol. The van der Waals surface area contributed by atoms with E-state index < -0.39 is 80.6 Å². The lowest BCUT2D eigenvalue weighted by Crippen LogP contribution is -2.66. The summed E-state index contributed by atoms with van der Waals surface area (Å²) in [5.74, 6) is -2.46. The Hall–Kier alpha value is -8.96. The van der Waals surface area contributed by atoms with Crippen LogP contribution >= 0.6 is 11.8 Å². The van der Waals surface area contributed by atoms with E-state index >= 15 is 0 Å². The Balaban J connectivity index is 0.876. The molecule has 3 aromatic heterocycles. The molecule has 0 spiro atoms. The number of thioether (sulfide) groups is 1. The molecule has 2 fully saturated rings. The number of ether oxygens (including phenoxy) is 4. The normalized spacial score (nSPS) is 20.1. The van der Waals surface area contributed by atoms with Crippen LogP contribution in [0.15, 0.2) is 212 Å². The van der Waals surface area contributed by atoms with Gasteiger partial charge in [0.2, 0.25) is 0 Å². The van der Waals surface area contributed by atoms with Crippen LogP contribution in [0.1, 0.15) is 87.5 Å². The van der Waals surface area contributed by atoms with Crippen LogP contribution in [0.2, 0.25) is 5.04 Å². The molecule has 88 heavy (non-hydrogen) atoms. The van der Waals surface area contributed by atoms with Crippen molar-refractivity contribution in [2.75, 3.05) is 35.4 Å². The van der Waals surface area contributed by atoms with Gasteiger partial charge in [0.25, 0.3) is 20.1 Å². The number of rotatable bonds is 22. The van der Waals surface area contributed by atoms with Crippen LogP contribution in [0.25, 0.3) is 11.2 Å². The number of hydrogen-bond acceptors (Lipinski definition) is 16. The molecule has 2 amide bonds. The number of aliphatic hydroxyl groups is 1. The summed E-state index contributed by atoms with van der Waals surface area (Å²) < 4.78 is 36.3. The Morgan fingerprint density at radius 2 is 1.16 bits per heavy atom. The number of carbonyl (C=O) groups is 4. The summed E-state index contributed by atoms with van der Waals surface area (Å²) in [6, 6.07) is 56.3. The number of nitrogens with one attached hydrogen (secondary N) is 2. The highest BCUT2D eigenvalue weighted by Crippen LogP contribution is 2.43. The Morgan fingerprint density at radius 3 is 1.74 bits per heavy atom. The molecule has 2 aliphatic rings. The number of fused-ring (bicyclic) bond motifs is 1. The number of carbonyl (C=O) groups excluding carboxylic acids is 4. The van der Waals surface area contributed by atoms with Gasteiger partial charge in [0.05, 0.1) is 35.6 Å². The van der Waals surface area contributed by atoms with Gasteiger partial charge in [-0.1, -0.05) is 154 Å². The van der Waals surface area contributed by atoms with Crippen LogP contribution in [0, 0.1) is 11.8 Å². The van der Waals surface area contributed by atoms with E-state index in [4.69, 9.17) is 23.4 Å². The first-order valence-corrected chi connectivity index (χ1v) is 32.1. The third-order valence-electron chi connectivity index (χ3n) is 16.0. The van der Waals surface area contributed by atoms with Gasteiger partial charge in [0.15, 0.2) is 35.5 Å².